The van der Waals surface area contributed by atoms with Crippen molar-refractivity contribution < 1.29 is 5.11 Å². The third-order valence-corrected chi connectivity index (χ3v) is 3.42. The number of benzene rings is 1. The number of pyridine rings is 1. The van der Waals surface area contributed by atoms with Crippen molar-refractivity contribution in [2.75, 3.05) is 0 Å². The molecule has 88 valence electrons. The molecule has 0 saturated heterocycles. The van der Waals surface area contributed by atoms with Gasteiger partial charge in [0.2, 0.25) is 0 Å². The summed E-state index contributed by atoms with van der Waals surface area (Å²) in [5, 5.41) is 10.4. The molecule has 0 aliphatic heterocycles. The smallest absolute Gasteiger partial charge is 0.101 e. The number of hydrogen-bond donors (Lipinski definition) is 1. The van der Waals surface area contributed by atoms with Crippen molar-refractivity contribution in [3.63, 3.8) is 0 Å². The largest absolute Gasteiger partial charge is 0.389 e. The highest BCUT2D eigenvalue weighted by Gasteiger charge is 2.04. The van der Waals surface area contributed by atoms with Gasteiger partial charge in [0, 0.05) is 11.1 Å². The van der Waals surface area contributed by atoms with Crippen LogP contribution in [0.1, 0.15) is 24.2 Å². The number of aromatic nitrogens is 1. The van der Waals surface area contributed by atoms with Crippen molar-refractivity contribution in [2.24, 2.45) is 0 Å². The third-order valence-electron chi connectivity index (χ3n) is 2.48. The molecule has 1 heterocycles. The van der Waals surface area contributed by atoms with E-state index >= 15 is 0 Å². The molecule has 17 heavy (non-hydrogen) atoms. The third kappa shape index (κ3) is 3.32. The van der Waals surface area contributed by atoms with Crippen LogP contribution in [0.15, 0.2) is 52.5 Å². The summed E-state index contributed by atoms with van der Waals surface area (Å²) in [7, 11) is 0. The van der Waals surface area contributed by atoms with E-state index in [4.69, 9.17) is 0 Å². The lowest BCUT2D eigenvalue weighted by atomic mass is 10.2. The molecule has 0 bridgehead atoms. The molecular formula is C14H15NOS. The summed E-state index contributed by atoms with van der Waals surface area (Å²) in [6.07, 6.45) is 1.29. The van der Waals surface area contributed by atoms with E-state index in [0.29, 0.717) is 0 Å². The van der Waals surface area contributed by atoms with Crippen LogP contribution in [-0.4, -0.2) is 10.1 Å². The highest BCUT2D eigenvalue weighted by atomic mass is 32.2. The normalized spacial score (nSPS) is 12.4. The minimum atomic E-state index is -0.449. The number of rotatable bonds is 3. The molecule has 2 nitrogen and oxygen atoms in total. The first kappa shape index (κ1) is 12.1. The Labute approximate surface area is 106 Å². The van der Waals surface area contributed by atoms with Gasteiger partial charge < -0.3 is 5.11 Å². The van der Waals surface area contributed by atoms with Crippen LogP contribution >= 0.6 is 11.8 Å². The maximum Gasteiger partial charge on any atom is 0.101 e. The molecule has 0 radical (unpaired) electrons. The maximum atomic E-state index is 9.51. The highest BCUT2D eigenvalue weighted by molar-refractivity contribution is 7.99. The van der Waals surface area contributed by atoms with Crippen LogP contribution in [0.3, 0.4) is 0 Å². The first-order chi connectivity index (χ1) is 8.15. The lowest BCUT2D eigenvalue weighted by Crippen LogP contribution is -1.92. The molecule has 3 heteroatoms. The van der Waals surface area contributed by atoms with Gasteiger partial charge >= 0.3 is 0 Å². The number of hydrogen-bond acceptors (Lipinski definition) is 3. The summed E-state index contributed by atoms with van der Waals surface area (Å²) < 4.78 is 0. The molecule has 0 unspecified atom stereocenters. The molecule has 0 amide bonds. The monoisotopic (exact) mass is 245 g/mol. The van der Waals surface area contributed by atoms with E-state index in [0.717, 1.165) is 15.5 Å². The van der Waals surface area contributed by atoms with Gasteiger partial charge in [-0.15, -0.1) is 0 Å². The number of nitrogens with zero attached hydrogens (tertiary/aromatic N) is 1. The summed E-state index contributed by atoms with van der Waals surface area (Å²) in [5.41, 5.74) is 2.15. The van der Waals surface area contributed by atoms with Crippen LogP contribution in [0.2, 0.25) is 0 Å². The topological polar surface area (TPSA) is 33.1 Å². The second-order valence-electron chi connectivity index (χ2n) is 4.02. The van der Waals surface area contributed by atoms with Crippen molar-refractivity contribution in [3.05, 3.63) is 53.7 Å². The SMILES string of the molecule is Cc1ccc(Sc2cc([C@@H](C)O)ccn2)cc1. The molecule has 2 rings (SSSR count). The van der Waals surface area contributed by atoms with Crippen molar-refractivity contribution in [2.45, 2.75) is 29.9 Å². The van der Waals surface area contributed by atoms with Crippen LogP contribution in [0.5, 0.6) is 0 Å². The van der Waals surface area contributed by atoms with Crippen LogP contribution in [-0.2, 0) is 0 Å². The summed E-state index contributed by atoms with van der Waals surface area (Å²) in [6, 6.07) is 12.1. The predicted octanol–water partition coefficient (Wildman–Crippen LogP) is 3.59. The molecule has 1 aromatic heterocycles. The minimum absolute atomic E-state index is 0.449. The Morgan fingerprint density at radius 1 is 1.18 bits per heavy atom. The number of aliphatic hydroxyl groups is 1. The Morgan fingerprint density at radius 3 is 2.53 bits per heavy atom. The fourth-order valence-corrected chi connectivity index (χ4v) is 2.29. The molecule has 0 fully saturated rings. The van der Waals surface area contributed by atoms with Crippen LogP contribution < -0.4 is 0 Å². The average molecular weight is 245 g/mol. The summed E-state index contributed by atoms with van der Waals surface area (Å²) in [4.78, 5) is 5.45. The van der Waals surface area contributed by atoms with Crippen molar-refractivity contribution in [1.29, 1.82) is 0 Å². The van der Waals surface area contributed by atoms with Gasteiger partial charge in [-0.3, -0.25) is 0 Å². The fourth-order valence-electron chi connectivity index (χ4n) is 1.47. The molecule has 0 spiro atoms. The minimum Gasteiger partial charge on any atom is -0.389 e. The zero-order valence-corrected chi connectivity index (χ0v) is 10.7. The van der Waals surface area contributed by atoms with E-state index in [2.05, 4.69) is 36.2 Å². The zero-order valence-electron chi connectivity index (χ0n) is 9.92. The van der Waals surface area contributed by atoms with E-state index in [1.807, 2.05) is 12.1 Å². The van der Waals surface area contributed by atoms with Crippen LogP contribution in [0, 0.1) is 6.92 Å². The molecular weight excluding hydrogens is 230 g/mol. The molecule has 1 N–H and O–H groups in total. The molecule has 0 saturated carbocycles. The standard InChI is InChI=1S/C14H15NOS/c1-10-3-5-13(6-4-10)17-14-9-12(11(2)16)7-8-15-14/h3-9,11,16H,1-2H3/t11-/m1/s1. The van der Waals surface area contributed by atoms with E-state index in [9.17, 15) is 5.11 Å². The Hall–Kier alpha value is -1.32. The zero-order chi connectivity index (χ0) is 12.3. The van der Waals surface area contributed by atoms with Crippen molar-refractivity contribution in [1.82, 2.24) is 4.98 Å². The first-order valence-corrected chi connectivity index (χ1v) is 6.35. The van der Waals surface area contributed by atoms with Crippen molar-refractivity contribution in [3.8, 4) is 0 Å². The fraction of sp³-hybridized carbons (Fsp3) is 0.214. The average Bonchev–Trinajstić information content (AvgIpc) is 2.32. The molecule has 1 atom stereocenters. The molecule has 2 aromatic rings. The second-order valence-corrected chi connectivity index (χ2v) is 5.11. The molecule has 1 aromatic carbocycles. The van der Waals surface area contributed by atoms with Gasteiger partial charge in [-0.05, 0) is 43.7 Å². The second kappa shape index (κ2) is 5.34. The lowest BCUT2D eigenvalue weighted by molar-refractivity contribution is 0.199. The van der Waals surface area contributed by atoms with E-state index < -0.39 is 6.10 Å². The molecule has 0 aliphatic rings. The lowest BCUT2D eigenvalue weighted by Gasteiger charge is -2.06. The van der Waals surface area contributed by atoms with Gasteiger partial charge in [-0.2, -0.15) is 0 Å². The summed E-state index contributed by atoms with van der Waals surface area (Å²) in [5.74, 6) is 0. The predicted molar refractivity (Wildman–Crippen MR) is 70.2 cm³/mol. The van der Waals surface area contributed by atoms with Crippen molar-refractivity contribution >= 4 is 11.8 Å². The van der Waals surface area contributed by atoms with Gasteiger partial charge in [-0.1, -0.05) is 29.5 Å². The first-order valence-electron chi connectivity index (χ1n) is 5.54. The van der Waals surface area contributed by atoms with E-state index in [1.54, 1.807) is 24.9 Å². The van der Waals surface area contributed by atoms with Crippen LogP contribution in [0.4, 0.5) is 0 Å². The van der Waals surface area contributed by atoms with Gasteiger partial charge in [-0.25, -0.2) is 4.98 Å². The summed E-state index contributed by atoms with van der Waals surface area (Å²) in [6.45, 7) is 3.83. The summed E-state index contributed by atoms with van der Waals surface area (Å²) >= 11 is 1.61. The van der Waals surface area contributed by atoms with Gasteiger partial charge in [0.05, 0.1) is 6.10 Å². The van der Waals surface area contributed by atoms with E-state index in [1.165, 1.54) is 5.56 Å². The van der Waals surface area contributed by atoms with Gasteiger partial charge in [0.15, 0.2) is 0 Å². The number of aryl methyl sites for hydroxylation is 1. The number of aliphatic hydroxyl groups excluding tert-OH is 1. The Morgan fingerprint density at radius 2 is 1.88 bits per heavy atom. The Balaban J connectivity index is 2.18. The quantitative estimate of drug-likeness (QED) is 0.897. The highest BCUT2D eigenvalue weighted by Crippen LogP contribution is 2.27. The van der Waals surface area contributed by atoms with Gasteiger partial charge in [0.1, 0.15) is 5.03 Å². The maximum absolute atomic E-state index is 9.51. The Bertz CT molecular complexity index is 494. The van der Waals surface area contributed by atoms with Crippen LogP contribution in [0.25, 0.3) is 0 Å². The van der Waals surface area contributed by atoms with E-state index in [-0.39, 0.29) is 0 Å². The molecule has 0 aliphatic carbocycles. The van der Waals surface area contributed by atoms with Gasteiger partial charge in [0.25, 0.3) is 0 Å². The Kier molecular flexibility index (Phi) is 3.82.